The molecule has 0 aliphatic heterocycles. The molecule has 90 valence electrons. The third-order valence-corrected chi connectivity index (χ3v) is 4.37. The van der Waals surface area contributed by atoms with Crippen LogP contribution in [-0.2, 0) is 6.54 Å². The van der Waals surface area contributed by atoms with Crippen LogP contribution in [-0.4, -0.2) is 22.2 Å². The van der Waals surface area contributed by atoms with Gasteiger partial charge in [-0.1, -0.05) is 30.9 Å². The Kier molecular flexibility index (Phi) is 4.19. The molecule has 0 bridgehead atoms. The summed E-state index contributed by atoms with van der Waals surface area (Å²) < 4.78 is 0.721. The molecule has 0 radical (unpaired) electrons. The number of aromatic nitrogens is 1. The molecule has 1 aromatic rings. The molecule has 1 aliphatic carbocycles. The highest BCUT2D eigenvalue weighted by Gasteiger charge is 2.30. The monoisotopic (exact) mass is 260 g/mol. The van der Waals surface area contributed by atoms with Crippen LogP contribution in [0.5, 0.6) is 0 Å². The lowest BCUT2D eigenvalue weighted by Gasteiger charge is -2.36. The van der Waals surface area contributed by atoms with E-state index < -0.39 is 0 Å². The second kappa shape index (κ2) is 5.45. The average Bonchev–Trinajstić information content (AvgIpc) is 2.74. The van der Waals surface area contributed by atoms with Crippen molar-refractivity contribution in [1.29, 1.82) is 0 Å². The van der Waals surface area contributed by atoms with E-state index in [1.54, 1.807) is 6.20 Å². The van der Waals surface area contributed by atoms with Gasteiger partial charge in [0.25, 0.3) is 0 Å². The maximum Gasteiger partial charge on any atom is 0.113 e. The van der Waals surface area contributed by atoms with Gasteiger partial charge in [-0.3, -0.25) is 0 Å². The van der Waals surface area contributed by atoms with Gasteiger partial charge in [0.1, 0.15) is 9.34 Å². The lowest BCUT2D eigenvalue weighted by molar-refractivity contribution is 0.119. The summed E-state index contributed by atoms with van der Waals surface area (Å²) in [5.74, 6) is 0. The van der Waals surface area contributed by atoms with Gasteiger partial charge in [0.2, 0.25) is 0 Å². The zero-order valence-corrected chi connectivity index (χ0v) is 10.8. The molecule has 5 heteroatoms. The van der Waals surface area contributed by atoms with E-state index in [0.717, 1.165) is 22.2 Å². The molecular formula is C11H17ClN2OS. The molecule has 16 heavy (non-hydrogen) atoms. The third-order valence-electron chi connectivity index (χ3n) is 3.25. The molecule has 1 saturated carbocycles. The van der Waals surface area contributed by atoms with Gasteiger partial charge in [0.05, 0.1) is 12.8 Å². The van der Waals surface area contributed by atoms with Gasteiger partial charge in [-0.05, 0) is 12.8 Å². The minimum Gasteiger partial charge on any atom is -0.394 e. The number of halogens is 1. The van der Waals surface area contributed by atoms with Crippen molar-refractivity contribution in [3.05, 3.63) is 15.5 Å². The number of aliphatic hydroxyl groups excluding tert-OH is 1. The van der Waals surface area contributed by atoms with E-state index in [1.165, 1.54) is 30.6 Å². The van der Waals surface area contributed by atoms with Crippen molar-refractivity contribution in [2.75, 3.05) is 6.61 Å². The molecule has 0 aromatic carbocycles. The van der Waals surface area contributed by atoms with Crippen LogP contribution in [0.15, 0.2) is 6.20 Å². The maximum atomic E-state index is 9.52. The highest BCUT2D eigenvalue weighted by Crippen LogP contribution is 2.28. The minimum atomic E-state index is -0.0869. The Hall–Kier alpha value is -0.160. The molecule has 1 fully saturated rings. The number of nitrogens with zero attached hydrogens (tertiary/aromatic N) is 1. The average molecular weight is 261 g/mol. The van der Waals surface area contributed by atoms with Crippen LogP contribution in [0.1, 0.15) is 37.1 Å². The van der Waals surface area contributed by atoms with Crippen LogP contribution in [0.4, 0.5) is 0 Å². The third kappa shape index (κ3) is 2.94. The fourth-order valence-electron chi connectivity index (χ4n) is 2.25. The molecule has 1 heterocycles. The molecule has 3 nitrogen and oxygen atoms in total. The van der Waals surface area contributed by atoms with Crippen molar-refractivity contribution in [3.63, 3.8) is 0 Å². The van der Waals surface area contributed by atoms with Crippen molar-refractivity contribution in [3.8, 4) is 0 Å². The highest BCUT2D eigenvalue weighted by atomic mass is 35.5. The summed E-state index contributed by atoms with van der Waals surface area (Å²) in [5, 5.41) is 14.0. The SMILES string of the molecule is OCC1(NCc2ncc(Cl)s2)CCCCC1. The van der Waals surface area contributed by atoms with Crippen molar-refractivity contribution >= 4 is 22.9 Å². The Morgan fingerprint density at radius 3 is 2.75 bits per heavy atom. The van der Waals surface area contributed by atoms with Gasteiger partial charge in [-0.15, -0.1) is 11.3 Å². The Bertz CT molecular complexity index is 336. The number of nitrogens with one attached hydrogen (secondary N) is 1. The normalized spacial score (nSPS) is 19.9. The molecule has 2 rings (SSSR count). The number of rotatable bonds is 4. The van der Waals surface area contributed by atoms with E-state index >= 15 is 0 Å². The summed E-state index contributed by atoms with van der Waals surface area (Å²) in [7, 11) is 0. The molecule has 2 N–H and O–H groups in total. The Morgan fingerprint density at radius 2 is 2.19 bits per heavy atom. The Morgan fingerprint density at radius 1 is 1.44 bits per heavy atom. The largest absolute Gasteiger partial charge is 0.394 e. The van der Waals surface area contributed by atoms with Gasteiger partial charge in [-0.2, -0.15) is 0 Å². The van der Waals surface area contributed by atoms with Crippen molar-refractivity contribution in [1.82, 2.24) is 10.3 Å². The second-order valence-corrected chi connectivity index (χ2v) is 6.16. The topological polar surface area (TPSA) is 45.1 Å². The highest BCUT2D eigenvalue weighted by molar-refractivity contribution is 7.15. The van der Waals surface area contributed by atoms with Crippen molar-refractivity contribution < 1.29 is 5.11 Å². The number of aliphatic hydroxyl groups is 1. The van der Waals surface area contributed by atoms with Crippen LogP contribution >= 0.6 is 22.9 Å². The second-order valence-electron chi connectivity index (χ2n) is 4.41. The zero-order chi connectivity index (χ0) is 11.4. The fraction of sp³-hybridized carbons (Fsp3) is 0.727. The summed E-state index contributed by atoms with van der Waals surface area (Å²) in [6.45, 7) is 0.921. The lowest BCUT2D eigenvalue weighted by atomic mass is 9.82. The molecule has 0 spiro atoms. The first-order valence-corrected chi connectivity index (χ1v) is 6.90. The van der Waals surface area contributed by atoms with Gasteiger partial charge >= 0.3 is 0 Å². The van der Waals surface area contributed by atoms with Gasteiger partial charge in [-0.25, -0.2) is 4.98 Å². The van der Waals surface area contributed by atoms with Gasteiger partial charge < -0.3 is 10.4 Å². The summed E-state index contributed by atoms with van der Waals surface area (Å²) in [5.41, 5.74) is -0.0869. The predicted molar refractivity (Wildman–Crippen MR) is 66.9 cm³/mol. The first-order chi connectivity index (χ1) is 7.74. The molecule has 0 saturated heterocycles. The molecule has 0 atom stereocenters. The van der Waals surface area contributed by atoms with Crippen molar-refractivity contribution in [2.24, 2.45) is 0 Å². The summed E-state index contributed by atoms with van der Waals surface area (Å²) in [4.78, 5) is 4.21. The fourth-order valence-corrected chi connectivity index (χ4v) is 3.15. The molecular weight excluding hydrogens is 244 g/mol. The standard InChI is InChI=1S/C11H17ClN2OS/c12-9-6-13-10(16-9)7-14-11(8-15)4-2-1-3-5-11/h6,14-15H,1-5,7-8H2. The maximum absolute atomic E-state index is 9.52. The van der Waals surface area contributed by atoms with E-state index in [2.05, 4.69) is 10.3 Å². The predicted octanol–water partition coefficient (Wildman–Crippen LogP) is 2.58. The van der Waals surface area contributed by atoms with Gasteiger partial charge in [0, 0.05) is 12.1 Å². The van der Waals surface area contributed by atoms with Crippen LogP contribution in [0.25, 0.3) is 0 Å². The van der Waals surface area contributed by atoms with Crippen LogP contribution < -0.4 is 5.32 Å². The van der Waals surface area contributed by atoms with Crippen molar-refractivity contribution in [2.45, 2.75) is 44.2 Å². The van der Waals surface area contributed by atoms with Gasteiger partial charge in [0.15, 0.2) is 0 Å². The summed E-state index contributed by atoms with van der Waals surface area (Å²) >= 11 is 7.33. The van der Waals surface area contributed by atoms with Crippen LogP contribution in [0, 0.1) is 0 Å². The smallest absolute Gasteiger partial charge is 0.113 e. The van der Waals surface area contributed by atoms with E-state index in [4.69, 9.17) is 11.6 Å². The lowest BCUT2D eigenvalue weighted by Crippen LogP contribution is -2.49. The zero-order valence-electron chi connectivity index (χ0n) is 9.21. The summed E-state index contributed by atoms with van der Waals surface area (Å²) in [6, 6.07) is 0. The summed E-state index contributed by atoms with van der Waals surface area (Å²) in [6.07, 6.45) is 7.48. The number of hydrogen-bond donors (Lipinski definition) is 2. The van der Waals surface area contributed by atoms with E-state index in [0.29, 0.717) is 6.54 Å². The number of hydrogen-bond acceptors (Lipinski definition) is 4. The quantitative estimate of drug-likeness (QED) is 0.875. The van der Waals surface area contributed by atoms with E-state index in [1.807, 2.05) is 0 Å². The first-order valence-electron chi connectivity index (χ1n) is 5.70. The van der Waals surface area contributed by atoms with E-state index in [-0.39, 0.29) is 12.1 Å². The van der Waals surface area contributed by atoms with E-state index in [9.17, 15) is 5.11 Å². The van der Waals surface area contributed by atoms with Crippen LogP contribution in [0.2, 0.25) is 4.34 Å². The molecule has 0 amide bonds. The molecule has 1 aromatic heterocycles. The molecule has 1 aliphatic rings. The first kappa shape index (κ1) is 12.3. The number of thiazole rings is 1. The van der Waals surface area contributed by atoms with Crippen LogP contribution in [0.3, 0.4) is 0 Å². The Labute approximate surface area is 105 Å². The Balaban J connectivity index is 1.91. The molecule has 0 unspecified atom stereocenters. The minimum absolute atomic E-state index is 0.0869.